The first kappa shape index (κ1) is 20.5. The van der Waals surface area contributed by atoms with Crippen LogP contribution in [0.3, 0.4) is 0 Å². The Balaban J connectivity index is 1.53. The molecule has 32 heavy (non-hydrogen) atoms. The quantitative estimate of drug-likeness (QED) is 0.357. The molecule has 0 spiro atoms. The van der Waals surface area contributed by atoms with Gasteiger partial charge in [-0.2, -0.15) is 0 Å². The fourth-order valence-electron chi connectivity index (χ4n) is 4.45. The van der Waals surface area contributed by atoms with Crippen LogP contribution in [0.2, 0.25) is 0 Å². The Morgan fingerprint density at radius 3 is 2.34 bits per heavy atom. The van der Waals surface area contributed by atoms with Gasteiger partial charge in [0.1, 0.15) is 23.1 Å². The van der Waals surface area contributed by atoms with Crippen molar-refractivity contribution in [3.63, 3.8) is 0 Å². The SMILES string of the molecule is Fc1cccc(F)c1CN1CCCn2cccc2C1c1cccc(Oc2ccccc2)c1. The Morgan fingerprint density at radius 2 is 1.53 bits per heavy atom. The minimum Gasteiger partial charge on any atom is -0.457 e. The second-order valence-corrected chi connectivity index (χ2v) is 8.04. The molecule has 1 aliphatic heterocycles. The summed E-state index contributed by atoms with van der Waals surface area (Å²) >= 11 is 0. The molecule has 0 N–H and O–H groups in total. The van der Waals surface area contributed by atoms with E-state index in [2.05, 4.69) is 27.8 Å². The van der Waals surface area contributed by atoms with Crippen LogP contribution in [0.1, 0.15) is 29.3 Å². The molecule has 5 rings (SSSR count). The molecule has 0 fully saturated rings. The molecule has 3 aromatic carbocycles. The van der Waals surface area contributed by atoms with Crippen LogP contribution < -0.4 is 4.74 Å². The first-order valence-corrected chi connectivity index (χ1v) is 10.8. The summed E-state index contributed by atoms with van der Waals surface area (Å²) in [6.45, 7) is 1.79. The number of halogens is 2. The maximum Gasteiger partial charge on any atom is 0.130 e. The standard InChI is InChI=1S/C27H24F2N2O/c28-24-12-5-13-25(29)23(24)19-31-17-7-16-30-15-6-14-26(30)27(31)20-8-4-11-22(18-20)32-21-9-2-1-3-10-21/h1-6,8-15,18,27H,7,16-17,19H2. The first-order valence-electron chi connectivity index (χ1n) is 10.8. The maximum absolute atomic E-state index is 14.5. The topological polar surface area (TPSA) is 17.4 Å². The molecule has 162 valence electrons. The number of para-hydroxylation sites is 1. The van der Waals surface area contributed by atoms with Gasteiger partial charge in [-0.15, -0.1) is 0 Å². The van der Waals surface area contributed by atoms with Crippen molar-refractivity contribution >= 4 is 0 Å². The Labute approximate surface area is 186 Å². The molecule has 0 amide bonds. The summed E-state index contributed by atoms with van der Waals surface area (Å²) in [5.74, 6) is 0.473. The molecule has 0 aliphatic carbocycles. The lowest BCUT2D eigenvalue weighted by Crippen LogP contribution is -2.30. The highest BCUT2D eigenvalue weighted by Crippen LogP contribution is 2.35. The third kappa shape index (κ3) is 4.16. The summed E-state index contributed by atoms with van der Waals surface area (Å²) in [5.41, 5.74) is 2.24. The van der Waals surface area contributed by atoms with E-state index in [-0.39, 0.29) is 18.2 Å². The van der Waals surface area contributed by atoms with Crippen LogP contribution in [0, 0.1) is 11.6 Å². The van der Waals surface area contributed by atoms with Crippen molar-refractivity contribution < 1.29 is 13.5 Å². The largest absolute Gasteiger partial charge is 0.457 e. The lowest BCUT2D eigenvalue weighted by Gasteiger charge is -2.31. The molecule has 0 saturated heterocycles. The van der Waals surface area contributed by atoms with Gasteiger partial charge in [0, 0.05) is 37.1 Å². The van der Waals surface area contributed by atoms with E-state index >= 15 is 0 Å². The average molecular weight is 430 g/mol. The van der Waals surface area contributed by atoms with Crippen LogP contribution in [-0.4, -0.2) is 16.0 Å². The Kier molecular flexibility index (Phi) is 5.73. The number of benzene rings is 3. The van der Waals surface area contributed by atoms with Crippen molar-refractivity contribution in [3.8, 4) is 11.5 Å². The number of fused-ring (bicyclic) bond motifs is 1. The van der Waals surface area contributed by atoms with Gasteiger partial charge in [-0.1, -0.05) is 36.4 Å². The summed E-state index contributed by atoms with van der Waals surface area (Å²) in [5, 5.41) is 0. The molecular weight excluding hydrogens is 406 g/mol. The van der Waals surface area contributed by atoms with E-state index < -0.39 is 11.6 Å². The monoisotopic (exact) mass is 430 g/mol. The van der Waals surface area contributed by atoms with Crippen molar-refractivity contribution in [1.29, 1.82) is 0 Å². The summed E-state index contributed by atoms with van der Waals surface area (Å²) < 4.78 is 37.3. The van der Waals surface area contributed by atoms with Gasteiger partial charge in [0.2, 0.25) is 0 Å². The smallest absolute Gasteiger partial charge is 0.130 e. The highest BCUT2D eigenvalue weighted by molar-refractivity contribution is 5.38. The second-order valence-electron chi connectivity index (χ2n) is 8.04. The molecule has 0 saturated carbocycles. The van der Waals surface area contributed by atoms with E-state index in [0.29, 0.717) is 0 Å². The fraction of sp³-hybridized carbons (Fsp3) is 0.185. The minimum absolute atomic E-state index is 0.106. The zero-order valence-corrected chi connectivity index (χ0v) is 17.6. The third-order valence-electron chi connectivity index (χ3n) is 5.93. The van der Waals surface area contributed by atoms with Crippen molar-refractivity contribution in [3.05, 3.63) is 120 Å². The number of ether oxygens (including phenoxy) is 1. The van der Waals surface area contributed by atoms with Crippen LogP contribution in [0.4, 0.5) is 8.78 Å². The minimum atomic E-state index is -0.510. The molecule has 5 heteroatoms. The Morgan fingerprint density at radius 1 is 0.781 bits per heavy atom. The Hall–Kier alpha value is -3.44. The molecule has 4 aromatic rings. The highest BCUT2D eigenvalue weighted by atomic mass is 19.1. The summed E-state index contributed by atoms with van der Waals surface area (Å²) in [6, 6.07) is 25.6. The van der Waals surface area contributed by atoms with Crippen LogP contribution >= 0.6 is 0 Å². The van der Waals surface area contributed by atoms with Crippen LogP contribution in [0.25, 0.3) is 0 Å². The van der Waals surface area contributed by atoms with Gasteiger partial charge in [-0.05, 0) is 60.5 Å². The zero-order chi connectivity index (χ0) is 21.9. The lowest BCUT2D eigenvalue weighted by molar-refractivity contribution is 0.214. The average Bonchev–Trinajstić information content (AvgIpc) is 3.18. The summed E-state index contributed by atoms with van der Waals surface area (Å²) in [4.78, 5) is 2.15. The van der Waals surface area contributed by atoms with Crippen molar-refractivity contribution in [2.45, 2.75) is 25.6 Å². The molecular formula is C27H24F2N2O. The van der Waals surface area contributed by atoms with E-state index in [0.717, 1.165) is 42.3 Å². The first-order chi connectivity index (χ1) is 15.7. The number of hydrogen-bond acceptors (Lipinski definition) is 2. The predicted octanol–water partition coefficient (Wildman–Crippen LogP) is 6.55. The molecule has 0 radical (unpaired) electrons. The van der Waals surface area contributed by atoms with E-state index in [4.69, 9.17) is 4.74 Å². The molecule has 3 nitrogen and oxygen atoms in total. The van der Waals surface area contributed by atoms with E-state index in [1.807, 2.05) is 54.6 Å². The van der Waals surface area contributed by atoms with Gasteiger partial charge in [-0.25, -0.2) is 8.78 Å². The molecule has 0 bridgehead atoms. The van der Waals surface area contributed by atoms with E-state index in [1.54, 1.807) is 0 Å². The highest BCUT2D eigenvalue weighted by Gasteiger charge is 2.29. The predicted molar refractivity (Wildman–Crippen MR) is 121 cm³/mol. The Bertz CT molecular complexity index is 1190. The van der Waals surface area contributed by atoms with Gasteiger partial charge in [0.05, 0.1) is 6.04 Å². The summed E-state index contributed by atoms with van der Waals surface area (Å²) in [7, 11) is 0. The van der Waals surface area contributed by atoms with Gasteiger partial charge in [0.25, 0.3) is 0 Å². The second kappa shape index (κ2) is 8.97. The number of hydrogen-bond donors (Lipinski definition) is 0. The number of rotatable bonds is 5. The van der Waals surface area contributed by atoms with Crippen molar-refractivity contribution in [1.82, 2.24) is 9.47 Å². The van der Waals surface area contributed by atoms with Crippen LogP contribution in [0.15, 0.2) is 91.1 Å². The zero-order valence-electron chi connectivity index (χ0n) is 17.6. The van der Waals surface area contributed by atoms with E-state index in [1.165, 1.54) is 18.2 Å². The lowest BCUT2D eigenvalue weighted by atomic mass is 10.0. The van der Waals surface area contributed by atoms with Gasteiger partial charge in [0.15, 0.2) is 0 Å². The van der Waals surface area contributed by atoms with E-state index in [9.17, 15) is 8.78 Å². The number of aromatic nitrogens is 1. The summed E-state index contributed by atoms with van der Waals surface area (Å²) in [6.07, 6.45) is 2.97. The fourth-order valence-corrected chi connectivity index (χ4v) is 4.45. The molecule has 1 aromatic heterocycles. The maximum atomic E-state index is 14.5. The van der Waals surface area contributed by atoms with Crippen LogP contribution in [0.5, 0.6) is 11.5 Å². The van der Waals surface area contributed by atoms with Crippen molar-refractivity contribution in [2.24, 2.45) is 0 Å². The molecule has 1 aliphatic rings. The molecule has 1 atom stereocenters. The molecule has 1 unspecified atom stereocenters. The van der Waals surface area contributed by atoms with Crippen molar-refractivity contribution in [2.75, 3.05) is 6.54 Å². The number of aryl methyl sites for hydroxylation is 1. The normalized spacial score (nSPS) is 16.4. The van der Waals surface area contributed by atoms with Gasteiger partial charge < -0.3 is 9.30 Å². The third-order valence-corrected chi connectivity index (χ3v) is 5.93. The molecule has 2 heterocycles. The van der Waals surface area contributed by atoms with Crippen LogP contribution in [-0.2, 0) is 13.1 Å². The number of nitrogens with zero attached hydrogens (tertiary/aromatic N) is 2. The van der Waals surface area contributed by atoms with Gasteiger partial charge in [-0.3, -0.25) is 4.90 Å². The van der Waals surface area contributed by atoms with Gasteiger partial charge >= 0.3 is 0 Å².